The number of anilines is 1. The zero-order chi connectivity index (χ0) is 17.8. The minimum Gasteiger partial charge on any atom is -0.368 e. The van der Waals surface area contributed by atoms with Gasteiger partial charge in [0.2, 0.25) is 5.91 Å². The van der Waals surface area contributed by atoms with Gasteiger partial charge in [-0.2, -0.15) is 5.26 Å². The van der Waals surface area contributed by atoms with E-state index in [1.54, 1.807) is 6.92 Å². The number of nitriles is 1. The normalized spacial score (nSPS) is 17.8. The van der Waals surface area contributed by atoms with Crippen molar-refractivity contribution < 1.29 is 4.79 Å². The van der Waals surface area contributed by atoms with E-state index in [0.29, 0.717) is 12.1 Å². The summed E-state index contributed by atoms with van der Waals surface area (Å²) in [6.07, 6.45) is 0.851. The van der Waals surface area contributed by atoms with Crippen LogP contribution in [0.25, 0.3) is 11.1 Å². The van der Waals surface area contributed by atoms with Crippen LogP contribution in [0, 0.1) is 11.3 Å². The van der Waals surface area contributed by atoms with Gasteiger partial charge in [0, 0.05) is 19.1 Å². The minimum atomic E-state index is -0.506. The Morgan fingerprint density at radius 1 is 1.28 bits per heavy atom. The molecule has 0 radical (unpaired) electrons. The Hall–Kier alpha value is -2.84. The predicted octanol–water partition coefficient (Wildman–Crippen LogP) is 2.27. The summed E-state index contributed by atoms with van der Waals surface area (Å²) in [7, 11) is 0. The maximum Gasteiger partial charge on any atom is 0.236 e. The third-order valence-corrected chi connectivity index (χ3v) is 4.51. The molecule has 1 aliphatic heterocycles. The highest BCUT2D eigenvalue weighted by molar-refractivity contribution is 5.81. The Morgan fingerprint density at radius 3 is 2.72 bits per heavy atom. The van der Waals surface area contributed by atoms with Crippen LogP contribution >= 0.6 is 0 Å². The molecule has 0 aliphatic carbocycles. The van der Waals surface area contributed by atoms with Gasteiger partial charge in [-0.3, -0.25) is 4.79 Å². The van der Waals surface area contributed by atoms with Crippen molar-refractivity contribution in [3.05, 3.63) is 54.1 Å². The molecule has 5 heteroatoms. The summed E-state index contributed by atoms with van der Waals surface area (Å²) in [5.41, 5.74) is 9.30. The summed E-state index contributed by atoms with van der Waals surface area (Å²) in [6, 6.07) is 17.9. The van der Waals surface area contributed by atoms with Gasteiger partial charge in [-0.1, -0.05) is 36.4 Å². The van der Waals surface area contributed by atoms with Gasteiger partial charge >= 0.3 is 0 Å². The van der Waals surface area contributed by atoms with Gasteiger partial charge in [-0.05, 0) is 36.6 Å². The van der Waals surface area contributed by atoms with Gasteiger partial charge in [0.15, 0.2) is 0 Å². The number of benzene rings is 2. The largest absolute Gasteiger partial charge is 0.368 e. The van der Waals surface area contributed by atoms with Crippen LogP contribution in [0.1, 0.15) is 18.9 Å². The molecule has 2 aromatic carbocycles. The molecule has 2 atom stereocenters. The molecule has 5 nitrogen and oxygen atoms in total. The molecule has 1 saturated heterocycles. The lowest BCUT2D eigenvalue weighted by molar-refractivity contribution is -0.122. The Morgan fingerprint density at radius 2 is 2.04 bits per heavy atom. The molecule has 128 valence electrons. The highest BCUT2D eigenvalue weighted by Gasteiger charge is 2.26. The lowest BCUT2D eigenvalue weighted by Gasteiger charge is -2.21. The Kier molecular flexibility index (Phi) is 5.01. The molecule has 0 bridgehead atoms. The van der Waals surface area contributed by atoms with Crippen LogP contribution in [0.4, 0.5) is 5.69 Å². The van der Waals surface area contributed by atoms with Crippen molar-refractivity contribution in [1.29, 1.82) is 5.26 Å². The zero-order valence-electron chi connectivity index (χ0n) is 14.3. The first kappa shape index (κ1) is 17.0. The quantitative estimate of drug-likeness (QED) is 0.898. The molecule has 25 heavy (non-hydrogen) atoms. The summed E-state index contributed by atoms with van der Waals surface area (Å²) in [5.74, 6) is -0.133. The van der Waals surface area contributed by atoms with Gasteiger partial charge in [0.1, 0.15) is 6.07 Å². The van der Waals surface area contributed by atoms with Crippen LogP contribution in [0.3, 0.4) is 0 Å². The summed E-state index contributed by atoms with van der Waals surface area (Å²) >= 11 is 0. The number of nitrogens with zero attached hydrogens (tertiary/aromatic N) is 2. The van der Waals surface area contributed by atoms with Crippen molar-refractivity contribution in [2.45, 2.75) is 25.4 Å². The first-order valence-corrected chi connectivity index (χ1v) is 8.49. The van der Waals surface area contributed by atoms with E-state index in [-0.39, 0.29) is 11.9 Å². The number of hydrogen-bond acceptors (Lipinski definition) is 4. The van der Waals surface area contributed by atoms with Crippen LogP contribution in [-0.4, -0.2) is 31.1 Å². The number of nitrogens with one attached hydrogen (secondary N) is 1. The molecular weight excluding hydrogens is 312 g/mol. The topological polar surface area (TPSA) is 82.2 Å². The summed E-state index contributed by atoms with van der Waals surface area (Å²) in [6.45, 7) is 3.18. The molecule has 0 aromatic heterocycles. The van der Waals surface area contributed by atoms with Crippen molar-refractivity contribution in [1.82, 2.24) is 5.32 Å². The molecule has 0 saturated carbocycles. The monoisotopic (exact) mass is 334 g/mol. The summed E-state index contributed by atoms with van der Waals surface area (Å²) in [4.78, 5) is 13.9. The fraction of sp³-hybridized carbons (Fsp3) is 0.300. The highest BCUT2D eigenvalue weighted by atomic mass is 16.2. The third-order valence-electron chi connectivity index (χ3n) is 4.51. The molecule has 1 amide bonds. The molecule has 1 heterocycles. The number of carbonyl (C=O) groups is 1. The molecular formula is C20H22N4O. The van der Waals surface area contributed by atoms with Gasteiger partial charge in [0.25, 0.3) is 0 Å². The molecule has 1 aliphatic rings. The van der Waals surface area contributed by atoms with Crippen LogP contribution in [-0.2, 0) is 4.79 Å². The lowest BCUT2D eigenvalue weighted by atomic mass is 10.0. The Balaban J connectivity index is 1.77. The van der Waals surface area contributed by atoms with E-state index in [1.165, 1.54) is 0 Å². The van der Waals surface area contributed by atoms with E-state index < -0.39 is 6.04 Å². The van der Waals surface area contributed by atoms with E-state index in [2.05, 4.69) is 16.3 Å². The minimum absolute atomic E-state index is 0.0684. The fourth-order valence-corrected chi connectivity index (χ4v) is 3.14. The number of nitrogens with two attached hydrogens (primary N) is 1. The van der Waals surface area contributed by atoms with E-state index in [9.17, 15) is 10.1 Å². The van der Waals surface area contributed by atoms with E-state index in [1.807, 2.05) is 48.5 Å². The van der Waals surface area contributed by atoms with E-state index in [4.69, 9.17) is 5.73 Å². The van der Waals surface area contributed by atoms with Crippen molar-refractivity contribution in [3.63, 3.8) is 0 Å². The SMILES string of the molecule is CC(N)C(=O)NC1CCN(c2ccc(-c3ccccc3)cc2C#N)C1. The van der Waals surface area contributed by atoms with E-state index >= 15 is 0 Å². The van der Waals surface area contributed by atoms with Crippen molar-refractivity contribution >= 4 is 11.6 Å². The highest BCUT2D eigenvalue weighted by Crippen LogP contribution is 2.29. The summed E-state index contributed by atoms with van der Waals surface area (Å²) < 4.78 is 0. The standard InChI is InChI=1S/C20H22N4O/c1-14(22)20(25)23-18-9-10-24(13-18)19-8-7-16(11-17(19)12-21)15-5-3-2-4-6-15/h2-8,11,14,18H,9-10,13,22H2,1H3,(H,23,25). The third kappa shape index (κ3) is 3.81. The second-order valence-corrected chi connectivity index (χ2v) is 6.44. The van der Waals surface area contributed by atoms with E-state index in [0.717, 1.165) is 29.8 Å². The summed E-state index contributed by atoms with van der Waals surface area (Å²) in [5, 5.41) is 12.5. The first-order valence-electron chi connectivity index (χ1n) is 8.49. The fourth-order valence-electron chi connectivity index (χ4n) is 3.14. The van der Waals surface area contributed by atoms with Crippen molar-refractivity contribution in [3.8, 4) is 17.2 Å². The van der Waals surface area contributed by atoms with Crippen LogP contribution in [0.5, 0.6) is 0 Å². The molecule has 3 N–H and O–H groups in total. The van der Waals surface area contributed by atoms with Crippen molar-refractivity contribution in [2.24, 2.45) is 5.73 Å². The Labute approximate surface area is 148 Å². The maximum atomic E-state index is 11.8. The van der Waals surface area contributed by atoms with Crippen LogP contribution in [0.15, 0.2) is 48.5 Å². The number of carbonyl (C=O) groups excluding carboxylic acids is 1. The first-order chi connectivity index (χ1) is 12.1. The smallest absolute Gasteiger partial charge is 0.236 e. The van der Waals surface area contributed by atoms with Crippen molar-refractivity contribution in [2.75, 3.05) is 18.0 Å². The molecule has 1 fully saturated rings. The second kappa shape index (κ2) is 7.37. The predicted molar refractivity (Wildman–Crippen MR) is 99.0 cm³/mol. The zero-order valence-corrected chi connectivity index (χ0v) is 14.3. The average molecular weight is 334 g/mol. The van der Waals surface area contributed by atoms with Gasteiger partial charge < -0.3 is 16.0 Å². The molecule has 2 unspecified atom stereocenters. The lowest BCUT2D eigenvalue weighted by Crippen LogP contribution is -2.44. The number of rotatable bonds is 4. The van der Waals surface area contributed by atoms with Gasteiger partial charge in [0.05, 0.1) is 17.3 Å². The van der Waals surface area contributed by atoms with Gasteiger partial charge in [-0.25, -0.2) is 0 Å². The van der Waals surface area contributed by atoms with Gasteiger partial charge in [-0.15, -0.1) is 0 Å². The molecule has 3 rings (SSSR count). The molecule has 0 spiro atoms. The van der Waals surface area contributed by atoms with Crippen LogP contribution < -0.4 is 16.0 Å². The average Bonchev–Trinajstić information content (AvgIpc) is 3.10. The molecule has 2 aromatic rings. The number of hydrogen-bond donors (Lipinski definition) is 2. The Bertz CT molecular complexity index is 795. The maximum absolute atomic E-state index is 11.8. The van der Waals surface area contributed by atoms with Crippen LogP contribution in [0.2, 0.25) is 0 Å². The number of amides is 1. The second-order valence-electron chi connectivity index (χ2n) is 6.44.